The summed E-state index contributed by atoms with van der Waals surface area (Å²) in [5.74, 6) is 7.36. The van der Waals surface area contributed by atoms with Crippen molar-refractivity contribution in [3.63, 3.8) is 0 Å². The molecule has 9 heteroatoms. The second-order valence-electron chi connectivity index (χ2n) is 7.12. The van der Waals surface area contributed by atoms with Crippen LogP contribution in [-0.4, -0.2) is 59.8 Å². The van der Waals surface area contributed by atoms with Gasteiger partial charge in [-0.3, -0.25) is 4.57 Å². The van der Waals surface area contributed by atoms with Crippen molar-refractivity contribution >= 4 is 17.0 Å². The zero-order chi connectivity index (χ0) is 19.0. The Kier molecular flexibility index (Phi) is 4.97. The highest BCUT2D eigenvalue weighted by molar-refractivity contribution is 5.82. The number of unbranched alkanes of at least 4 members (excludes halogenated alkanes) is 1. The van der Waals surface area contributed by atoms with Gasteiger partial charge in [0.1, 0.15) is 23.8 Å². The summed E-state index contributed by atoms with van der Waals surface area (Å²) in [6, 6.07) is 0. The van der Waals surface area contributed by atoms with Crippen molar-refractivity contribution in [3.8, 4) is 11.8 Å². The molecule has 1 saturated heterocycles. The van der Waals surface area contributed by atoms with Gasteiger partial charge < -0.3 is 25.8 Å². The van der Waals surface area contributed by atoms with Crippen LogP contribution in [-0.2, 0) is 4.74 Å². The number of rotatable bonds is 5. The first-order valence-electron chi connectivity index (χ1n) is 9.20. The summed E-state index contributed by atoms with van der Waals surface area (Å²) in [6.07, 6.45) is 2.92. The quantitative estimate of drug-likeness (QED) is 0.423. The molecule has 2 aromatic heterocycles. The van der Waals surface area contributed by atoms with Crippen LogP contribution >= 0.6 is 0 Å². The van der Waals surface area contributed by atoms with Crippen LogP contribution in [0.2, 0.25) is 0 Å². The van der Waals surface area contributed by atoms with Gasteiger partial charge in [0.05, 0.1) is 12.9 Å². The molecule has 2 fully saturated rings. The largest absolute Gasteiger partial charge is 0.394 e. The van der Waals surface area contributed by atoms with Crippen LogP contribution in [0, 0.1) is 17.8 Å². The molecule has 9 nitrogen and oxygen atoms in total. The van der Waals surface area contributed by atoms with Crippen LogP contribution in [0.15, 0.2) is 6.33 Å². The summed E-state index contributed by atoms with van der Waals surface area (Å²) in [7, 11) is 0. The monoisotopic (exact) mass is 373 g/mol. The van der Waals surface area contributed by atoms with Crippen molar-refractivity contribution in [1.82, 2.24) is 19.5 Å². The van der Waals surface area contributed by atoms with Gasteiger partial charge in [0.15, 0.2) is 17.7 Å². The first-order valence-corrected chi connectivity index (χ1v) is 9.20. The lowest BCUT2D eigenvalue weighted by Crippen LogP contribution is -2.33. The highest BCUT2D eigenvalue weighted by Gasteiger charge is 2.44. The lowest BCUT2D eigenvalue weighted by Gasteiger charge is -2.16. The Morgan fingerprint density at radius 2 is 2.07 bits per heavy atom. The standard InChI is InChI=1S/C18H23N5O4/c19-16-13-17(22-12(21-16)5-3-1-2-4-10-6-7-10)23(9-20-13)18-15(26)14(25)11(8-24)27-18/h9-11,14-15,18,24-26H,1-2,4,6-8H2,(H2,19,21,22)/t11-,14-,15-,18-/m1/s1. The number of anilines is 1. The number of ether oxygens (including phenoxy) is 1. The van der Waals surface area contributed by atoms with E-state index >= 15 is 0 Å². The number of aromatic nitrogens is 4. The van der Waals surface area contributed by atoms with Gasteiger partial charge in [0.25, 0.3) is 0 Å². The molecule has 0 bridgehead atoms. The first kappa shape index (κ1) is 18.1. The summed E-state index contributed by atoms with van der Waals surface area (Å²) in [4.78, 5) is 12.8. The number of fused-ring (bicyclic) bond motifs is 1. The molecule has 0 aromatic carbocycles. The van der Waals surface area contributed by atoms with Gasteiger partial charge in [0, 0.05) is 6.42 Å². The van der Waals surface area contributed by atoms with Gasteiger partial charge in [0.2, 0.25) is 5.82 Å². The second kappa shape index (κ2) is 7.40. The maximum Gasteiger partial charge on any atom is 0.208 e. The Morgan fingerprint density at radius 1 is 1.26 bits per heavy atom. The molecule has 144 valence electrons. The summed E-state index contributed by atoms with van der Waals surface area (Å²) in [5.41, 5.74) is 6.70. The highest BCUT2D eigenvalue weighted by atomic mass is 16.6. The maximum atomic E-state index is 10.2. The molecule has 1 aliphatic carbocycles. The normalized spacial score (nSPS) is 27.7. The Labute approximate surface area is 156 Å². The van der Waals surface area contributed by atoms with E-state index in [0.717, 1.165) is 18.8 Å². The van der Waals surface area contributed by atoms with Crippen molar-refractivity contribution in [3.05, 3.63) is 12.2 Å². The Morgan fingerprint density at radius 3 is 2.78 bits per heavy atom. The molecular formula is C18H23N5O4. The lowest BCUT2D eigenvalue weighted by molar-refractivity contribution is -0.0511. The van der Waals surface area contributed by atoms with Crippen LogP contribution in [0.3, 0.4) is 0 Å². The van der Waals surface area contributed by atoms with E-state index in [1.54, 1.807) is 0 Å². The molecule has 0 radical (unpaired) electrons. The van der Waals surface area contributed by atoms with Crippen molar-refractivity contribution in [2.45, 2.75) is 56.6 Å². The lowest BCUT2D eigenvalue weighted by atomic mass is 10.1. The van der Waals surface area contributed by atoms with E-state index < -0.39 is 31.1 Å². The number of nitrogens with zero attached hydrogens (tertiary/aromatic N) is 4. The Balaban J connectivity index is 1.57. The molecule has 0 spiro atoms. The van der Waals surface area contributed by atoms with E-state index in [0.29, 0.717) is 11.2 Å². The fraction of sp³-hybridized carbons (Fsp3) is 0.611. The van der Waals surface area contributed by atoms with E-state index in [9.17, 15) is 15.3 Å². The summed E-state index contributed by atoms with van der Waals surface area (Å²) < 4.78 is 7.03. The molecule has 1 aliphatic heterocycles. The molecule has 0 amide bonds. The molecule has 4 atom stereocenters. The third-order valence-electron chi connectivity index (χ3n) is 5.05. The van der Waals surface area contributed by atoms with Crippen molar-refractivity contribution in [2.75, 3.05) is 12.3 Å². The van der Waals surface area contributed by atoms with Crippen LogP contribution in [0.5, 0.6) is 0 Å². The minimum Gasteiger partial charge on any atom is -0.394 e. The van der Waals surface area contributed by atoms with Crippen molar-refractivity contribution < 1.29 is 20.1 Å². The third kappa shape index (κ3) is 3.61. The highest BCUT2D eigenvalue weighted by Crippen LogP contribution is 2.34. The zero-order valence-electron chi connectivity index (χ0n) is 14.8. The molecule has 3 heterocycles. The van der Waals surface area contributed by atoms with Gasteiger partial charge in [-0.2, -0.15) is 0 Å². The van der Waals surface area contributed by atoms with E-state index in [1.807, 2.05) is 0 Å². The number of hydrogen-bond donors (Lipinski definition) is 4. The molecule has 1 saturated carbocycles. The Hall–Kier alpha value is -2.25. The molecule has 2 aliphatic rings. The average Bonchev–Trinajstić information content (AvgIpc) is 3.32. The SMILES string of the molecule is Nc1nc(C#CCCCC2CC2)nc2c1ncn2[C@@H]1O[C@H](CO)[C@@H](O)[C@H]1O. The molecule has 5 N–H and O–H groups in total. The minimum atomic E-state index is -1.23. The number of aliphatic hydroxyl groups excluding tert-OH is 3. The van der Waals surface area contributed by atoms with Crippen LogP contribution < -0.4 is 5.73 Å². The van der Waals surface area contributed by atoms with Gasteiger partial charge >= 0.3 is 0 Å². The average molecular weight is 373 g/mol. The van der Waals surface area contributed by atoms with Gasteiger partial charge in [-0.05, 0) is 24.7 Å². The fourth-order valence-electron chi connectivity index (χ4n) is 3.32. The number of imidazole rings is 1. The third-order valence-corrected chi connectivity index (χ3v) is 5.05. The van der Waals surface area contributed by atoms with Crippen molar-refractivity contribution in [1.29, 1.82) is 0 Å². The van der Waals surface area contributed by atoms with Crippen molar-refractivity contribution in [2.24, 2.45) is 5.92 Å². The summed E-state index contributed by atoms with van der Waals surface area (Å²) in [6.45, 7) is -0.407. The van der Waals surface area contributed by atoms with E-state index in [4.69, 9.17) is 10.5 Å². The second-order valence-corrected chi connectivity index (χ2v) is 7.12. The van der Waals surface area contributed by atoms with Gasteiger partial charge in [-0.15, -0.1) is 0 Å². The minimum absolute atomic E-state index is 0.188. The summed E-state index contributed by atoms with van der Waals surface area (Å²) in [5, 5.41) is 29.5. The molecule has 4 rings (SSSR count). The molecule has 0 unspecified atom stereocenters. The van der Waals surface area contributed by atoms with E-state index in [2.05, 4.69) is 26.8 Å². The molecule has 2 aromatic rings. The summed E-state index contributed by atoms with van der Waals surface area (Å²) >= 11 is 0. The predicted octanol–water partition coefficient (Wildman–Crippen LogP) is -0.0482. The number of nitrogen functional groups attached to an aromatic ring is 1. The zero-order valence-corrected chi connectivity index (χ0v) is 14.8. The smallest absolute Gasteiger partial charge is 0.208 e. The van der Waals surface area contributed by atoms with Crippen LogP contribution in [0.4, 0.5) is 5.82 Å². The van der Waals surface area contributed by atoms with Crippen LogP contribution in [0.1, 0.15) is 44.2 Å². The van der Waals surface area contributed by atoms with Gasteiger partial charge in [-0.25, -0.2) is 15.0 Å². The molecule has 27 heavy (non-hydrogen) atoms. The van der Waals surface area contributed by atoms with Crippen LogP contribution in [0.25, 0.3) is 11.2 Å². The number of hydrogen-bond acceptors (Lipinski definition) is 8. The maximum absolute atomic E-state index is 10.2. The van der Waals surface area contributed by atoms with E-state index in [-0.39, 0.29) is 11.6 Å². The Bertz CT molecular complexity index is 885. The predicted molar refractivity (Wildman–Crippen MR) is 96.2 cm³/mol. The number of nitrogens with two attached hydrogens (primary N) is 1. The molecular weight excluding hydrogens is 350 g/mol. The number of aliphatic hydroxyl groups is 3. The van der Waals surface area contributed by atoms with E-state index in [1.165, 1.54) is 30.2 Å². The fourth-order valence-corrected chi connectivity index (χ4v) is 3.32. The first-order chi connectivity index (χ1) is 13.1. The topological polar surface area (TPSA) is 140 Å². The van der Waals surface area contributed by atoms with Gasteiger partial charge in [-0.1, -0.05) is 18.8 Å².